The van der Waals surface area contributed by atoms with Crippen LogP contribution < -0.4 is 0 Å². The van der Waals surface area contributed by atoms with Crippen molar-refractivity contribution in [3.63, 3.8) is 0 Å². The van der Waals surface area contributed by atoms with Gasteiger partial charge in [-0.25, -0.2) is 0 Å². The van der Waals surface area contributed by atoms with Crippen molar-refractivity contribution in [3.8, 4) is 0 Å². The molecule has 0 fully saturated rings. The SMILES string of the molecule is CCC(C)(C)OC(C)(C)CC.[Li]. The molecule has 2 heteroatoms. The average molecular weight is 165 g/mol. The van der Waals surface area contributed by atoms with E-state index in [9.17, 15) is 0 Å². The number of rotatable bonds is 4. The first kappa shape index (κ1) is 15.0. The second-order valence-electron chi connectivity index (χ2n) is 4.33. The van der Waals surface area contributed by atoms with Crippen LogP contribution >= 0.6 is 0 Å². The summed E-state index contributed by atoms with van der Waals surface area (Å²) in [7, 11) is 0. The molecule has 0 heterocycles. The normalized spacial score (nSPS) is 12.5. The van der Waals surface area contributed by atoms with Crippen LogP contribution in [0.5, 0.6) is 0 Å². The maximum Gasteiger partial charge on any atom is 0.0631 e. The fraction of sp³-hybridized carbons (Fsp3) is 1.00. The predicted molar refractivity (Wildman–Crippen MR) is 55.6 cm³/mol. The zero-order valence-corrected chi connectivity index (χ0v) is 9.82. The summed E-state index contributed by atoms with van der Waals surface area (Å²) in [6.45, 7) is 12.9. The van der Waals surface area contributed by atoms with Crippen molar-refractivity contribution in [2.45, 2.75) is 65.6 Å². The summed E-state index contributed by atoms with van der Waals surface area (Å²) in [5.41, 5.74) is 0.0546. The second kappa shape index (κ2) is 5.32. The molecule has 0 aliphatic carbocycles. The summed E-state index contributed by atoms with van der Waals surface area (Å²) in [5, 5.41) is 0. The van der Waals surface area contributed by atoms with Gasteiger partial charge in [-0.05, 0) is 40.5 Å². The molecule has 1 radical (unpaired) electrons. The molecule has 69 valence electrons. The Labute approximate surface area is 89.4 Å². The van der Waals surface area contributed by atoms with Crippen molar-refractivity contribution >= 4 is 18.9 Å². The molecule has 0 unspecified atom stereocenters. The van der Waals surface area contributed by atoms with Crippen LogP contribution in [-0.4, -0.2) is 30.1 Å². The van der Waals surface area contributed by atoms with E-state index < -0.39 is 0 Å². The van der Waals surface area contributed by atoms with Gasteiger partial charge < -0.3 is 4.74 Å². The van der Waals surface area contributed by atoms with Gasteiger partial charge in [0.1, 0.15) is 0 Å². The van der Waals surface area contributed by atoms with Crippen molar-refractivity contribution in [2.75, 3.05) is 0 Å². The van der Waals surface area contributed by atoms with Gasteiger partial charge in [-0.1, -0.05) is 13.8 Å². The van der Waals surface area contributed by atoms with Crippen LogP contribution in [0.2, 0.25) is 0 Å². The Balaban J connectivity index is 0. The Bertz CT molecular complexity index is 105. The fourth-order valence-corrected chi connectivity index (χ4v) is 0.892. The molecule has 0 atom stereocenters. The average Bonchev–Trinajstić information content (AvgIpc) is 1.86. The largest absolute Gasteiger partial charge is 0.370 e. The van der Waals surface area contributed by atoms with E-state index in [0.29, 0.717) is 0 Å². The molecule has 0 aromatic carbocycles. The van der Waals surface area contributed by atoms with E-state index in [0.717, 1.165) is 12.8 Å². The van der Waals surface area contributed by atoms with Crippen LogP contribution in [0.1, 0.15) is 54.4 Å². The summed E-state index contributed by atoms with van der Waals surface area (Å²) in [5.74, 6) is 0. The zero-order valence-electron chi connectivity index (χ0n) is 9.82. The molecule has 0 spiro atoms. The van der Waals surface area contributed by atoms with E-state index in [2.05, 4.69) is 41.5 Å². The van der Waals surface area contributed by atoms with E-state index in [4.69, 9.17) is 4.74 Å². The Kier molecular flexibility index (Phi) is 6.67. The molecule has 0 aromatic rings. The first-order valence-electron chi connectivity index (χ1n) is 4.53. The Hall–Kier alpha value is 0.557. The molecule has 0 amide bonds. The van der Waals surface area contributed by atoms with Crippen molar-refractivity contribution in [3.05, 3.63) is 0 Å². The maximum absolute atomic E-state index is 5.92. The summed E-state index contributed by atoms with van der Waals surface area (Å²) >= 11 is 0. The van der Waals surface area contributed by atoms with Crippen LogP contribution in [-0.2, 0) is 4.74 Å². The summed E-state index contributed by atoms with van der Waals surface area (Å²) in [6, 6.07) is 0. The Morgan fingerprint density at radius 2 is 1.08 bits per heavy atom. The quantitative estimate of drug-likeness (QED) is 0.582. The van der Waals surface area contributed by atoms with E-state index in [1.54, 1.807) is 0 Å². The number of hydrogen-bond donors (Lipinski definition) is 0. The molecule has 0 saturated carbocycles. The van der Waals surface area contributed by atoms with Gasteiger partial charge in [-0.3, -0.25) is 0 Å². The van der Waals surface area contributed by atoms with E-state index in [1.807, 2.05) is 0 Å². The zero-order chi connectivity index (χ0) is 9.12. The minimum atomic E-state index is 0. The molecule has 0 rings (SSSR count). The third-order valence-electron chi connectivity index (χ3n) is 2.26. The van der Waals surface area contributed by atoms with E-state index in [-0.39, 0.29) is 30.1 Å². The second-order valence-corrected chi connectivity index (χ2v) is 4.33. The smallest absolute Gasteiger partial charge is 0.0631 e. The van der Waals surface area contributed by atoms with Gasteiger partial charge in [0.2, 0.25) is 0 Å². The first-order valence-corrected chi connectivity index (χ1v) is 4.53. The van der Waals surface area contributed by atoms with Crippen LogP contribution in [0.25, 0.3) is 0 Å². The molecule has 0 N–H and O–H groups in total. The van der Waals surface area contributed by atoms with Crippen molar-refractivity contribution in [2.24, 2.45) is 0 Å². The Morgan fingerprint density at radius 3 is 1.25 bits per heavy atom. The third kappa shape index (κ3) is 6.12. The summed E-state index contributed by atoms with van der Waals surface area (Å²) in [6.07, 6.45) is 2.13. The van der Waals surface area contributed by atoms with Crippen LogP contribution in [0.15, 0.2) is 0 Å². The minimum Gasteiger partial charge on any atom is -0.370 e. The van der Waals surface area contributed by atoms with Gasteiger partial charge in [0.05, 0.1) is 11.2 Å². The molecular formula is C10H22LiO. The van der Waals surface area contributed by atoms with Crippen LogP contribution in [0, 0.1) is 0 Å². The van der Waals surface area contributed by atoms with Crippen LogP contribution in [0.3, 0.4) is 0 Å². The van der Waals surface area contributed by atoms with Gasteiger partial charge in [-0.15, -0.1) is 0 Å². The van der Waals surface area contributed by atoms with Gasteiger partial charge in [0.25, 0.3) is 0 Å². The summed E-state index contributed by atoms with van der Waals surface area (Å²) < 4.78 is 5.92. The van der Waals surface area contributed by atoms with Gasteiger partial charge in [0.15, 0.2) is 0 Å². The van der Waals surface area contributed by atoms with Gasteiger partial charge in [0, 0.05) is 18.9 Å². The van der Waals surface area contributed by atoms with Crippen molar-refractivity contribution < 1.29 is 4.74 Å². The molecular weight excluding hydrogens is 143 g/mol. The summed E-state index contributed by atoms with van der Waals surface area (Å²) in [4.78, 5) is 0. The maximum atomic E-state index is 5.92. The topological polar surface area (TPSA) is 9.23 Å². The van der Waals surface area contributed by atoms with Crippen molar-refractivity contribution in [1.82, 2.24) is 0 Å². The predicted octanol–water partition coefficient (Wildman–Crippen LogP) is 3.00. The van der Waals surface area contributed by atoms with E-state index >= 15 is 0 Å². The molecule has 0 aliphatic heterocycles. The molecule has 1 nitrogen and oxygen atoms in total. The van der Waals surface area contributed by atoms with Gasteiger partial charge >= 0.3 is 0 Å². The third-order valence-corrected chi connectivity index (χ3v) is 2.26. The fourth-order valence-electron chi connectivity index (χ4n) is 0.892. The molecule has 0 aromatic heterocycles. The molecule has 12 heavy (non-hydrogen) atoms. The Morgan fingerprint density at radius 1 is 0.833 bits per heavy atom. The minimum absolute atomic E-state index is 0. The van der Waals surface area contributed by atoms with Crippen LogP contribution in [0.4, 0.5) is 0 Å². The molecule has 0 bridgehead atoms. The monoisotopic (exact) mass is 165 g/mol. The van der Waals surface area contributed by atoms with Crippen molar-refractivity contribution in [1.29, 1.82) is 0 Å². The molecule has 0 saturated heterocycles. The number of ether oxygens (including phenoxy) is 1. The van der Waals surface area contributed by atoms with Gasteiger partial charge in [-0.2, -0.15) is 0 Å². The molecule has 0 aliphatic rings. The first-order chi connectivity index (χ1) is 4.83. The standard InChI is InChI=1S/C10H22O.Li/c1-7-9(3,4)11-10(5,6)8-2;/h7-8H2,1-6H3;. The van der Waals surface area contributed by atoms with E-state index in [1.165, 1.54) is 0 Å². The number of hydrogen-bond acceptors (Lipinski definition) is 1.